The molecule has 8 heteroatoms. The van der Waals surface area contributed by atoms with Crippen LogP contribution in [0.2, 0.25) is 0 Å². The van der Waals surface area contributed by atoms with Crippen molar-refractivity contribution in [1.29, 1.82) is 0 Å². The highest BCUT2D eigenvalue weighted by Gasteiger charge is 2.42. The number of carboxylic acids is 1. The average Bonchev–Trinajstić information content (AvgIpc) is 2.54. The fourth-order valence-corrected chi connectivity index (χ4v) is 2.89. The lowest BCUT2D eigenvalue weighted by atomic mass is 10.0. The lowest BCUT2D eigenvalue weighted by molar-refractivity contribution is -0.154. The van der Waals surface area contributed by atoms with Gasteiger partial charge >= 0.3 is 5.97 Å². The Hall–Kier alpha value is -2.09. The molecule has 7 nitrogen and oxygen atoms in total. The first-order valence-corrected chi connectivity index (χ1v) is 7.79. The number of rotatable bonds is 4. The number of carbonyl (C=O) groups excluding carboxylic acids is 2. The Morgan fingerprint density at radius 2 is 2.09 bits per heavy atom. The smallest absolute Gasteiger partial charge is 0.331 e. The third-order valence-corrected chi connectivity index (χ3v) is 4.02. The molecular weight excluding hydrogens is 368 g/mol. The van der Waals surface area contributed by atoms with Gasteiger partial charge in [-0.15, -0.1) is 0 Å². The lowest BCUT2D eigenvalue weighted by Gasteiger charge is -2.28. The molecule has 2 atom stereocenters. The number of carbonyl (C=O) groups is 3. The van der Waals surface area contributed by atoms with Crippen molar-refractivity contribution in [1.82, 2.24) is 4.90 Å². The van der Waals surface area contributed by atoms with Gasteiger partial charge in [-0.1, -0.05) is 29.8 Å². The van der Waals surface area contributed by atoms with Gasteiger partial charge in [0.05, 0.1) is 0 Å². The van der Waals surface area contributed by atoms with E-state index in [1.54, 1.807) is 32.0 Å². The zero-order valence-electron chi connectivity index (χ0n) is 12.7. The second-order valence-electron chi connectivity index (χ2n) is 5.64. The first kappa shape index (κ1) is 17.3. The first-order chi connectivity index (χ1) is 10.7. The molecule has 1 aliphatic rings. The quantitative estimate of drug-likeness (QED) is 0.812. The fourth-order valence-electron chi connectivity index (χ4n) is 2.51. The van der Waals surface area contributed by atoms with E-state index in [4.69, 9.17) is 10.5 Å². The highest BCUT2D eigenvalue weighted by molar-refractivity contribution is 9.10. The van der Waals surface area contributed by atoms with Crippen LogP contribution in [0.25, 0.3) is 0 Å². The molecule has 2 amide bonds. The summed E-state index contributed by atoms with van der Waals surface area (Å²) < 4.78 is 6.39. The monoisotopic (exact) mass is 384 g/mol. The maximum absolute atomic E-state index is 12.7. The highest BCUT2D eigenvalue weighted by Crippen LogP contribution is 2.37. The second-order valence-corrected chi connectivity index (χ2v) is 6.55. The largest absolute Gasteiger partial charge is 0.480 e. The Kier molecular flexibility index (Phi) is 4.93. The molecule has 0 radical (unpaired) electrons. The highest BCUT2D eigenvalue weighted by atomic mass is 79.9. The van der Waals surface area contributed by atoms with E-state index >= 15 is 0 Å². The van der Waals surface area contributed by atoms with Crippen LogP contribution in [-0.4, -0.2) is 40.4 Å². The van der Waals surface area contributed by atoms with Gasteiger partial charge < -0.3 is 20.5 Å². The number of amides is 2. The molecule has 0 fully saturated rings. The predicted octanol–water partition coefficient (Wildman–Crippen LogP) is 1.31. The Bertz CT molecular complexity index is 661. The minimum Gasteiger partial charge on any atom is -0.480 e. The molecule has 1 aromatic rings. The SMILES string of the molecule is CC(C)C1Oc2ccc(Br)cc2C(C(=O)O)N(CC(N)=O)C1=O. The van der Waals surface area contributed by atoms with E-state index in [9.17, 15) is 19.5 Å². The molecule has 0 bridgehead atoms. The molecule has 2 rings (SSSR count). The number of hydrogen-bond acceptors (Lipinski definition) is 4. The number of hydrogen-bond donors (Lipinski definition) is 2. The van der Waals surface area contributed by atoms with Crippen LogP contribution in [0, 0.1) is 5.92 Å². The Labute approximate surface area is 141 Å². The fraction of sp³-hybridized carbons (Fsp3) is 0.400. The number of carboxylic acid groups (broad SMARTS) is 1. The van der Waals surface area contributed by atoms with Crippen molar-refractivity contribution in [3.05, 3.63) is 28.2 Å². The number of ether oxygens (including phenoxy) is 1. The van der Waals surface area contributed by atoms with Crippen molar-refractivity contribution in [2.45, 2.75) is 26.0 Å². The molecule has 2 unspecified atom stereocenters. The summed E-state index contributed by atoms with van der Waals surface area (Å²) in [7, 11) is 0. The van der Waals surface area contributed by atoms with Gasteiger partial charge in [0.15, 0.2) is 12.1 Å². The van der Waals surface area contributed by atoms with Gasteiger partial charge in [-0.05, 0) is 24.1 Å². The number of aliphatic carboxylic acids is 1. The van der Waals surface area contributed by atoms with Gasteiger partial charge in [0.2, 0.25) is 5.91 Å². The number of fused-ring (bicyclic) bond motifs is 1. The molecule has 23 heavy (non-hydrogen) atoms. The molecule has 1 aliphatic heterocycles. The number of benzene rings is 1. The van der Waals surface area contributed by atoms with Crippen LogP contribution in [0.5, 0.6) is 5.75 Å². The van der Waals surface area contributed by atoms with Gasteiger partial charge in [0.25, 0.3) is 5.91 Å². The molecule has 0 aromatic heterocycles. The van der Waals surface area contributed by atoms with E-state index in [2.05, 4.69) is 15.9 Å². The van der Waals surface area contributed by atoms with E-state index in [1.807, 2.05) is 0 Å². The van der Waals surface area contributed by atoms with Crippen molar-refractivity contribution >= 4 is 33.7 Å². The molecule has 0 saturated carbocycles. The van der Waals surface area contributed by atoms with Crippen LogP contribution in [0.4, 0.5) is 0 Å². The summed E-state index contributed by atoms with van der Waals surface area (Å²) in [6.07, 6.45) is -0.890. The van der Waals surface area contributed by atoms with Crippen molar-refractivity contribution in [2.75, 3.05) is 6.54 Å². The van der Waals surface area contributed by atoms with Crippen molar-refractivity contribution in [3.63, 3.8) is 0 Å². The van der Waals surface area contributed by atoms with E-state index in [0.717, 1.165) is 4.90 Å². The van der Waals surface area contributed by atoms with Crippen molar-refractivity contribution in [2.24, 2.45) is 11.7 Å². The number of primary amides is 1. The third kappa shape index (κ3) is 3.47. The van der Waals surface area contributed by atoms with Gasteiger partial charge in [-0.2, -0.15) is 0 Å². The molecule has 0 saturated heterocycles. The van der Waals surface area contributed by atoms with E-state index in [0.29, 0.717) is 15.8 Å². The summed E-state index contributed by atoms with van der Waals surface area (Å²) in [6.45, 7) is 3.07. The maximum atomic E-state index is 12.7. The molecule has 0 aliphatic carbocycles. The minimum atomic E-state index is -1.34. The zero-order valence-corrected chi connectivity index (χ0v) is 14.2. The molecule has 124 valence electrons. The summed E-state index contributed by atoms with van der Waals surface area (Å²) in [5, 5.41) is 9.61. The maximum Gasteiger partial charge on any atom is 0.331 e. The van der Waals surface area contributed by atoms with Gasteiger partial charge in [-0.25, -0.2) is 4.79 Å². The van der Waals surface area contributed by atoms with Crippen molar-refractivity contribution in [3.8, 4) is 5.75 Å². The Balaban J connectivity index is 2.64. The zero-order chi connectivity index (χ0) is 17.3. The van der Waals surface area contributed by atoms with E-state index in [1.165, 1.54) is 0 Å². The van der Waals surface area contributed by atoms with Crippen LogP contribution >= 0.6 is 15.9 Å². The topological polar surface area (TPSA) is 110 Å². The molecular formula is C15H17BrN2O5. The Morgan fingerprint density at radius 3 is 2.61 bits per heavy atom. The summed E-state index contributed by atoms with van der Waals surface area (Å²) in [6, 6.07) is 3.53. The van der Waals surface area contributed by atoms with Crippen molar-refractivity contribution < 1.29 is 24.2 Å². The molecule has 1 aromatic carbocycles. The standard InChI is InChI=1S/C15H17BrN2O5/c1-7(2)13-14(20)18(6-11(17)19)12(15(21)22)9-5-8(16)3-4-10(9)23-13/h3-5,7,12-13H,6H2,1-2H3,(H2,17,19)(H,21,22). The second kappa shape index (κ2) is 6.57. The Morgan fingerprint density at radius 1 is 1.43 bits per heavy atom. The number of nitrogens with two attached hydrogens (primary N) is 1. The summed E-state index contributed by atoms with van der Waals surface area (Å²) in [5.74, 6) is -2.52. The number of nitrogens with zero attached hydrogens (tertiary/aromatic N) is 1. The molecule has 3 N–H and O–H groups in total. The van der Waals surface area contributed by atoms with Crippen LogP contribution in [0.3, 0.4) is 0 Å². The average molecular weight is 385 g/mol. The normalized spacial score (nSPS) is 20.7. The first-order valence-electron chi connectivity index (χ1n) is 7.00. The summed E-state index contributed by atoms with van der Waals surface area (Å²) in [4.78, 5) is 36.8. The lowest BCUT2D eigenvalue weighted by Crippen LogP contribution is -2.49. The third-order valence-electron chi connectivity index (χ3n) is 3.52. The summed E-state index contributed by atoms with van der Waals surface area (Å²) in [5.41, 5.74) is 5.49. The summed E-state index contributed by atoms with van der Waals surface area (Å²) >= 11 is 3.28. The van der Waals surface area contributed by atoms with E-state index < -0.39 is 36.5 Å². The van der Waals surface area contributed by atoms with Gasteiger partial charge in [0, 0.05) is 10.0 Å². The van der Waals surface area contributed by atoms with Crippen LogP contribution in [0.1, 0.15) is 25.5 Å². The molecule has 1 heterocycles. The molecule has 0 spiro atoms. The van der Waals surface area contributed by atoms with Crippen LogP contribution in [0.15, 0.2) is 22.7 Å². The van der Waals surface area contributed by atoms with Gasteiger partial charge in [-0.3, -0.25) is 9.59 Å². The van der Waals surface area contributed by atoms with Gasteiger partial charge in [0.1, 0.15) is 12.3 Å². The minimum absolute atomic E-state index is 0.207. The number of halogens is 1. The van der Waals surface area contributed by atoms with E-state index in [-0.39, 0.29) is 5.92 Å². The van der Waals surface area contributed by atoms with Crippen LogP contribution < -0.4 is 10.5 Å². The predicted molar refractivity (Wildman–Crippen MR) is 84.7 cm³/mol. The van der Waals surface area contributed by atoms with Crippen LogP contribution in [-0.2, 0) is 14.4 Å².